The molecular weight excluding hydrogens is 273 g/mol. The Labute approximate surface area is 116 Å². The largest absolute Gasteiger partial charge is 0.326 e. The van der Waals surface area contributed by atoms with Crippen LogP contribution in [0, 0.1) is 0 Å². The fraction of sp³-hybridized carbons (Fsp3) is 0.417. The van der Waals surface area contributed by atoms with Crippen molar-refractivity contribution in [2.75, 3.05) is 25.0 Å². The fourth-order valence-corrected chi connectivity index (χ4v) is 2.50. The summed E-state index contributed by atoms with van der Waals surface area (Å²) in [5, 5.41) is 3.61. The van der Waals surface area contributed by atoms with Crippen molar-refractivity contribution < 1.29 is 4.79 Å². The highest BCUT2D eigenvalue weighted by Crippen LogP contribution is 2.29. The number of carbonyl (C=O) groups is 1. The molecule has 1 atom stereocenters. The standard InChI is InChI=1S/C12H15Cl2N3O/c13-9-2-1-3-10(14)12(9)16-11(18)7-17-5-4-8(15)6-17/h1-3,8H,4-7,15H2,(H,16,18)/t8-/m0/s1. The van der Waals surface area contributed by atoms with E-state index in [0.717, 1.165) is 19.5 Å². The van der Waals surface area contributed by atoms with Gasteiger partial charge in [-0.05, 0) is 18.6 Å². The van der Waals surface area contributed by atoms with Gasteiger partial charge >= 0.3 is 0 Å². The van der Waals surface area contributed by atoms with Crippen LogP contribution in [0.15, 0.2) is 18.2 Å². The van der Waals surface area contributed by atoms with Gasteiger partial charge in [0, 0.05) is 19.1 Å². The molecule has 1 heterocycles. The van der Waals surface area contributed by atoms with Gasteiger partial charge in [0.1, 0.15) is 0 Å². The van der Waals surface area contributed by atoms with Crippen molar-refractivity contribution in [1.82, 2.24) is 4.90 Å². The van der Waals surface area contributed by atoms with E-state index in [1.54, 1.807) is 18.2 Å². The maximum absolute atomic E-state index is 11.9. The maximum atomic E-state index is 11.9. The van der Waals surface area contributed by atoms with E-state index in [2.05, 4.69) is 5.32 Å². The van der Waals surface area contributed by atoms with E-state index >= 15 is 0 Å². The molecular formula is C12H15Cl2N3O. The average molecular weight is 288 g/mol. The van der Waals surface area contributed by atoms with E-state index in [1.807, 2.05) is 4.90 Å². The lowest BCUT2D eigenvalue weighted by Gasteiger charge is -2.15. The molecule has 0 aromatic heterocycles. The smallest absolute Gasteiger partial charge is 0.238 e. The van der Waals surface area contributed by atoms with Crippen molar-refractivity contribution >= 4 is 34.8 Å². The molecule has 1 aliphatic rings. The number of carbonyl (C=O) groups excluding carboxylic acids is 1. The number of amides is 1. The van der Waals surface area contributed by atoms with E-state index < -0.39 is 0 Å². The zero-order valence-corrected chi connectivity index (χ0v) is 11.3. The second-order valence-corrected chi connectivity index (χ2v) is 5.24. The SMILES string of the molecule is N[C@H]1CCN(CC(=O)Nc2c(Cl)cccc2Cl)C1. The van der Waals surface area contributed by atoms with E-state index in [9.17, 15) is 4.79 Å². The topological polar surface area (TPSA) is 58.4 Å². The Morgan fingerprint density at radius 2 is 2.11 bits per heavy atom. The molecule has 0 spiro atoms. The minimum atomic E-state index is -0.126. The van der Waals surface area contributed by atoms with E-state index in [0.29, 0.717) is 22.3 Å². The molecule has 6 heteroatoms. The van der Waals surface area contributed by atoms with E-state index in [-0.39, 0.29) is 11.9 Å². The van der Waals surface area contributed by atoms with E-state index in [1.165, 1.54) is 0 Å². The summed E-state index contributed by atoms with van der Waals surface area (Å²) in [5.74, 6) is -0.126. The zero-order valence-electron chi connectivity index (χ0n) is 9.83. The number of halogens is 2. The van der Waals surface area contributed by atoms with Crippen LogP contribution in [0.1, 0.15) is 6.42 Å². The summed E-state index contributed by atoms with van der Waals surface area (Å²) >= 11 is 12.0. The first-order valence-corrected chi connectivity index (χ1v) is 6.53. The number of rotatable bonds is 3. The third-order valence-electron chi connectivity index (χ3n) is 2.90. The molecule has 18 heavy (non-hydrogen) atoms. The Kier molecular flexibility index (Phi) is 4.45. The van der Waals surface area contributed by atoms with Gasteiger partial charge in [-0.2, -0.15) is 0 Å². The molecule has 98 valence electrons. The molecule has 1 saturated heterocycles. The van der Waals surface area contributed by atoms with Crippen molar-refractivity contribution in [2.24, 2.45) is 5.73 Å². The molecule has 4 nitrogen and oxygen atoms in total. The summed E-state index contributed by atoms with van der Waals surface area (Å²) in [5.41, 5.74) is 6.25. The maximum Gasteiger partial charge on any atom is 0.238 e. The zero-order chi connectivity index (χ0) is 13.1. The Morgan fingerprint density at radius 3 is 2.67 bits per heavy atom. The number of hydrogen-bond donors (Lipinski definition) is 2. The summed E-state index contributed by atoms with van der Waals surface area (Å²) in [6.45, 7) is 1.92. The minimum Gasteiger partial charge on any atom is -0.326 e. The molecule has 1 aliphatic heterocycles. The first-order valence-electron chi connectivity index (χ1n) is 5.78. The summed E-state index contributed by atoms with van der Waals surface area (Å²) in [4.78, 5) is 13.9. The molecule has 1 aromatic rings. The highest BCUT2D eigenvalue weighted by atomic mass is 35.5. The lowest BCUT2D eigenvalue weighted by Crippen LogP contribution is -2.33. The number of para-hydroxylation sites is 1. The molecule has 3 N–H and O–H groups in total. The molecule has 1 aromatic carbocycles. The van der Waals surface area contributed by atoms with Crippen molar-refractivity contribution in [3.05, 3.63) is 28.2 Å². The third-order valence-corrected chi connectivity index (χ3v) is 3.53. The first-order chi connectivity index (χ1) is 8.56. The van der Waals surface area contributed by atoms with Crippen molar-refractivity contribution in [3.8, 4) is 0 Å². The van der Waals surface area contributed by atoms with Gasteiger partial charge in [0.25, 0.3) is 0 Å². The highest BCUT2D eigenvalue weighted by molar-refractivity contribution is 6.39. The van der Waals surface area contributed by atoms with E-state index in [4.69, 9.17) is 28.9 Å². The van der Waals surface area contributed by atoms with Crippen LogP contribution < -0.4 is 11.1 Å². The van der Waals surface area contributed by atoms with Crippen LogP contribution in [0.5, 0.6) is 0 Å². The number of nitrogens with two attached hydrogens (primary N) is 1. The van der Waals surface area contributed by atoms with Crippen LogP contribution in [0.4, 0.5) is 5.69 Å². The van der Waals surface area contributed by atoms with Crippen LogP contribution >= 0.6 is 23.2 Å². The quantitative estimate of drug-likeness (QED) is 0.894. The predicted molar refractivity (Wildman–Crippen MR) is 74.1 cm³/mol. The van der Waals surface area contributed by atoms with Crippen molar-refractivity contribution in [3.63, 3.8) is 0 Å². The lowest BCUT2D eigenvalue weighted by atomic mass is 10.3. The van der Waals surface area contributed by atoms with Gasteiger partial charge in [-0.25, -0.2) is 0 Å². The number of likely N-dealkylation sites (tertiary alicyclic amines) is 1. The minimum absolute atomic E-state index is 0.126. The van der Waals surface area contributed by atoms with Crippen LogP contribution in [0.2, 0.25) is 10.0 Å². The summed E-state index contributed by atoms with van der Waals surface area (Å²) in [6.07, 6.45) is 0.931. The van der Waals surface area contributed by atoms with Gasteiger partial charge in [-0.1, -0.05) is 29.3 Å². The molecule has 0 saturated carbocycles. The van der Waals surface area contributed by atoms with Gasteiger partial charge in [-0.3, -0.25) is 9.69 Å². The van der Waals surface area contributed by atoms with Gasteiger partial charge in [0.05, 0.1) is 22.3 Å². The summed E-state index contributed by atoms with van der Waals surface area (Å²) in [6, 6.07) is 5.28. The Morgan fingerprint density at radius 1 is 1.44 bits per heavy atom. The molecule has 0 unspecified atom stereocenters. The van der Waals surface area contributed by atoms with Crippen LogP contribution in [-0.4, -0.2) is 36.5 Å². The van der Waals surface area contributed by atoms with Gasteiger partial charge in [0.2, 0.25) is 5.91 Å². The second-order valence-electron chi connectivity index (χ2n) is 4.43. The van der Waals surface area contributed by atoms with Gasteiger partial charge in [0.15, 0.2) is 0 Å². The molecule has 0 aliphatic carbocycles. The number of nitrogens with one attached hydrogen (secondary N) is 1. The Hall–Kier alpha value is -0.810. The molecule has 1 amide bonds. The van der Waals surface area contributed by atoms with Crippen molar-refractivity contribution in [2.45, 2.75) is 12.5 Å². The molecule has 2 rings (SSSR count). The van der Waals surface area contributed by atoms with Crippen molar-refractivity contribution in [1.29, 1.82) is 0 Å². The molecule has 0 bridgehead atoms. The van der Waals surface area contributed by atoms with Crippen LogP contribution in [0.25, 0.3) is 0 Å². The number of nitrogens with zero attached hydrogens (tertiary/aromatic N) is 1. The Balaban J connectivity index is 1.95. The normalized spacial score (nSPS) is 20.1. The second kappa shape index (κ2) is 5.89. The molecule has 0 radical (unpaired) electrons. The predicted octanol–water partition coefficient (Wildman–Crippen LogP) is 1.96. The van der Waals surface area contributed by atoms with Crippen LogP contribution in [-0.2, 0) is 4.79 Å². The fourth-order valence-electron chi connectivity index (χ4n) is 2.01. The number of hydrogen-bond acceptors (Lipinski definition) is 3. The Bertz CT molecular complexity index is 433. The number of benzene rings is 1. The summed E-state index contributed by atoms with van der Waals surface area (Å²) in [7, 11) is 0. The van der Waals surface area contributed by atoms with Gasteiger partial charge < -0.3 is 11.1 Å². The molecule has 1 fully saturated rings. The third kappa shape index (κ3) is 3.36. The van der Waals surface area contributed by atoms with Crippen LogP contribution in [0.3, 0.4) is 0 Å². The first kappa shape index (κ1) is 13.6. The van der Waals surface area contributed by atoms with Gasteiger partial charge in [-0.15, -0.1) is 0 Å². The highest BCUT2D eigenvalue weighted by Gasteiger charge is 2.21. The monoisotopic (exact) mass is 287 g/mol. The lowest BCUT2D eigenvalue weighted by molar-refractivity contribution is -0.117. The average Bonchev–Trinajstić information content (AvgIpc) is 2.69. The number of anilines is 1. The summed E-state index contributed by atoms with van der Waals surface area (Å²) < 4.78 is 0.